The number of fused-ring (bicyclic) bond motifs is 1. The van der Waals surface area contributed by atoms with Crippen LogP contribution in [0.2, 0.25) is 0 Å². The van der Waals surface area contributed by atoms with Gasteiger partial charge in [-0.1, -0.05) is 36.4 Å². The van der Waals surface area contributed by atoms with Crippen LogP contribution >= 0.6 is 0 Å². The van der Waals surface area contributed by atoms with Crippen molar-refractivity contribution in [1.29, 1.82) is 0 Å². The maximum absolute atomic E-state index is 11.5. The van der Waals surface area contributed by atoms with E-state index in [2.05, 4.69) is 5.43 Å². The van der Waals surface area contributed by atoms with Crippen LogP contribution < -0.4 is 5.43 Å². The lowest BCUT2D eigenvalue weighted by molar-refractivity contribution is -0.135. The molecule has 1 aliphatic heterocycles. The third kappa shape index (κ3) is 1.64. The van der Waals surface area contributed by atoms with E-state index < -0.39 is 0 Å². The van der Waals surface area contributed by atoms with Gasteiger partial charge in [-0.2, -0.15) is 5.01 Å². The van der Waals surface area contributed by atoms with Crippen LogP contribution in [0.15, 0.2) is 54.6 Å². The van der Waals surface area contributed by atoms with Crippen LogP contribution in [-0.2, 0) is 9.59 Å². The number of nitrogens with zero attached hydrogens (tertiary/aromatic N) is 1. The number of anilines is 1. The minimum Gasteiger partial charge on any atom is -0.288 e. The first-order chi connectivity index (χ1) is 8.75. The summed E-state index contributed by atoms with van der Waals surface area (Å²) in [6, 6.07) is 13.5. The second-order valence-corrected chi connectivity index (χ2v) is 3.98. The number of rotatable bonds is 2. The Hall–Kier alpha value is -2.62. The molecule has 0 spiro atoms. The van der Waals surface area contributed by atoms with Crippen LogP contribution in [0.25, 0.3) is 10.8 Å². The van der Waals surface area contributed by atoms with Crippen LogP contribution in [0.4, 0.5) is 5.69 Å². The van der Waals surface area contributed by atoms with Crippen molar-refractivity contribution in [2.45, 2.75) is 0 Å². The summed E-state index contributed by atoms with van der Waals surface area (Å²) in [4.78, 5) is 23.0. The number of imide groups is 1. The quantitative estimate of drug-likeness (QED) is 0.815. The molecule has 0 saturated heterocycles. The highest BCUT2D eigenvalue weighted by Gasteiger charge is 2.23. The number of hydrogen-bond donors (Lipinski definition) is 1. The van der Waals surface area contributed by atoms with Gasteiger partial charge in [0.1, 0.15) is 0 Å². The van der Waals surface area contributed by atoms with E-state index in [1.165, 1.54) is 12.2 Å². The lowest BCUT2D eigenvalue weighted by Crippen LogP contribution is -2.35. The smallest absolute Gasteiger partial charge is 0.272 e. The van der Waals surface area contributed by atoms with Gasteiger partial charge in [0.05, 0.1) is 5.69 Å². The van der Waals surface area contributed by atoms with Crippen molar-refractivity contribution < 1.29 is 9.59 Å². The van der Waals surface area contributed by atoms with Crippen molar-refractivity contribution >= 4 is 28.3 Å². The number of carbonyl (C=O) groups is 2. The molecule has 0 aliphatic carbocycles. The van der Waals surface area contributed by atoms with Crippen molar-refractivity contribution in [3.8, 4) is 0 Å². The third-order valence-corrected chi connectivity index (χ3v) is 2.83. The zero-order valence-electron chi connectivity index (χ0n) is 9.46. The van der Waals surface area contributed by atoms with Gasteiger partial charge in [-0.05, 0) is 11.5 Å². The lowest BCUT2D eigenvalue weighted by atomic mass is 10.1. The molecule has 2 aromatic carbocycles. The van der Waals surface area contributed by atoms with E-state index in [9.17, 15) is 9.59 Å². The van der Waals surface area contributed by atoms with Gasteiger partial charge in [-0.25, -0.2) is 0 Å². The lowest BCUT2D eigenvalue weighted by Gasteiger charge is -2.17. The molecule has 4 heteroatoms. The molecule has 3 rings (SSSR count). The van der Waals surface area contributed by atoms with Crippen LogP contribution in [0.5, 0.6) is 0 Å². The zero-order valence-corrected chi connectivity index (χ0v) is 9.46. The van der Waals surface area contributed by atoms with Crippen LogP contribution in [0, 0.1) is 0 Å². The molecule has 18 heavy (non-hydrogen) atoms. The van der Waals surface area contributed by atoms with E-state index in [4.69, 9.17) is 0 Å². The molecule has 0 saturated carbocycles. The molecule has 0 unspecified atom stereocenters. The number of hydrazine groups is 1. The second-order valence-electron chi connectivity index (χ2n) is 3.98. The fourth-order valence-corrected chi connectivity index (χ4v) is 1.95. The van der Waals surface area contributed by atoms with E-state index in [1.807, 2.05) is 42.5 Å². The summed E-state index contributed by atoms with van der Waals surface area (Å²) < 4.78 is 0. The van der Waals surface area contributed by atoms with Gasteiger partial charge < -0.3 is 0 Å². The molecule has 88 valence electrons. The monoisotopic (exact) mass is 238 g/mol. The van der Waals surface area contributed by atoms with Crippen molar-refractivity contribution in [2.24, 2.45) is 0 Å². The Morgan fingerprint density at radius 1 is 0.833 bits per heavy atom. The van der Waals surface area contributed by atoms with Crippen molar-refractivity contribution in [2.75, 3.05) is 5.43 Å². The largest absolute Gasteiger partial charge is 0.288 e. The van der Waals surface area contributed by atoms with Crippen LogP contribution in [0.3, 0.4) is 0 Å². The van der Waals surface area contributed by atoms with Crippen molar-refractivity contribution in [3.63, 3.8) is 0 Å². The summed E-state index contributed by atoms with van der Waals surface area (Å²) in [6.45, 7) is 0. The molecule has 2 aromatic rings. The third-order valence-electron chi connectivity index (χ3n) is 2.83. The number of amides is 2. The molecule has 1 heterocycles. The standard InChI is InChI=1S/C14H10N2O2/c17-13-8-9-14(18)16(13)15-12-7-3-5-10-4-1-2-6-11(10)12/h1-9,15H. The molecule has 0 radical (unpaired) electrons. The average Bonchev–Trinajstić information content (AvgIpc) is 2.71. The maximum Gasteiger partial charge on any atom is 0.272 e. The number of nitrogens with one attached hydrogen (secondary N) is 1. The predicted molar refractivity (Wildman–Crippen MR) is 68.6 cm³/mol. The first-order valence-corrected chi connectivity index (χ1v) is 5.56. The Balaban J connectivity index is 2.01. The number of hydrogen-bond acceptors (Lipinski definition) is 3. The topological polar surface area (TPSA) is 49.4 Å². The molecule has 0 aromatic heterocycles. The second kappa shape index (κ2) is 4.00. The summed E-state index contributed by atoms with van der Waals surface area (Å²) in [6.07, 6.45) is 2.50. The van der Waals surface area contributed by atoms with Crippen LogP contribution in [-0.4, -0.2) is 16.8 Å². The van der Waals surface area contributed by atoms with Gasteiger partial charge in [0.15, 0.2) is 0 Å². The highest BCUT2D eigenvalue weighted by Crippen LogP contribution is 2.24. The Labute approximate surface area is 103 Å². The first-order valence-electron chi connectivity index (χ1n) is 5.56. The maximum atomic E-state index is 11.5. The summed E-state index contributed by atoms with van der Waals surface area (Å²) in [5.74, 6) is -0.708. The highest BCUT2D eigenvalue weighted by molar-refractivity contribution is 6.14. The van der Waals surface area contributed by atoms with Gasteiger partial charge >= 0.3 is 0 Å². The predicted octanol–water partition coefficient (Wildman–Crippen LogP) is 2.09. The Morgan fingerprint density at radius 2 is 1.50 bits per heavy atom. The molecular weight excluding hydrogens is 228 g/mol. The fourth-order valence-electron chi connectivity index (χ4n) is 1.95. The van der Waals surface area contributed by atoms with E-state index in [-0.39, 0.29) is 11.8 Å². The summed E-state index contributed by atoms with van der Waals surface area (Å²) >= 11 is 0. The zero-order chi connectivity index (χ0) is 12.5. The minimum absolute atomic E-state index is 0.354. The summed E-state index contributed by atoms with van der Waals surface area (Å²) in [7, 11) is 0. The molecule has 0 fully saturated rings. The van der Waals surface area contributed by atoms with Gasteiger partial charge in [-0.3, -0.25) is 15.0 Å². The number of carbonyl (C=O) groups excluding carboxylic acids is 2. The Kier molecular flexibility index (Phi) is 2.34. The Bertz CT molecular complexity index is 653. The normalized spacial score (nSPS) is 14.6. The van der Waals surface area contributed by atoms with Gasteiger partial charge in [0.2, 0.25) is 0 Å². The Morgan fingerprint density at radius 3 is 2.28 bits per heavy atom. The van der Waals surface area contributed by atoms with Crippen molar-refractivity contribution in [3.05, 3.63) is 54.6 Å². The van der Waals surface area contributed by atoms with Gasteiger partial charge in [-0.15, -0.1) is 0 Å². The van der Waals surface area contributed by atoms with E-state index in [0.717, 1.165) is 21.5 Å². The minimum atomic E-state index is -0.354. The van der Waals surface area contributed by atoms with E-state index in [1.54, 1.807) is 0 Å². The average molecular weight is 238 g/mol. The van der Waals surface area contributed by atoms with Crippen LogP contribution in [0.1, 0.15) is 0 Å². The fraction of sp³-hybridized carbons (Fsp3) is 0. The summed E-state index contributed by atoms with van der Waals surface area (Å²) in [5, 5.41) is 3.02. The number of benzene rings is 2. The summed E-state index contributed by atoms with van der Waals surface area (Å²) in [5.41, 5.74) is 3.59. The van der Waals surface area contributed by atoms with Gasteiger partial charge in [0.25, 0.3) is 11.8 Å². The first kappa shape index (κ1) is 10.5. The molecule has 0 bridgehead atoms. The molecular formula is C14H10N2O2. The molecule has 2 amide bonds. The van der Waals surface area contributed by atoms with Gasteiger partial charge in [0, 0.05) is 17.5 Å². The molecule has 4 nitrogen and oxygen atoms in total. The van der Waals surface area contributed by atoms with E-state index >= 15 is 0 Å². The molecule has 0 atom stereocenters. The SMILES string of the molecule is O=C1C=CC(=O)N1Nc1cccc2ccccc12. The molecule has 1 aliphatic rings. The highest BCUT2D eigenvalue weighted by atomic mass is 16.2. The van der Waals surface area contributed by atoms with Crippen molar-refractivity contribution in [1.82, 2.24) is 5.01 Å². The van der Waals surface area contributed by atoms with E-state index in [0.29, 0.717) is 0 Å². The molecule has 1 N–H and O–H groups in total.